The third-order valence-electron chi connectivity index (χ3n) is 7.25. The molecule has 3 N–H and O–H groups in total. The van der Waals surface area contributed by atoms with Crippen molar-refractivity contribution >= 4 is 51.7 Å². The van der Waals surface area contributed by atoms with Crippen LogP contribution in [0.25, 0.3) is 10.9 Å². The number of rotatable bonds is 8. The lowest BCUT2D eigenvalue weighted by molar-refractivity contribution is -0.160. The van der Waals surface area contributed by atoms with Gasteiger partial charge in [0.1, 0.15) is 11.5 Å². The van der Waals surface area contributed by atoms with Crippen molar-refractivity contribution in [1.29, 1.82) is 0 Å². The zero-order chi connectivity index (χ0) is 28.3. The number of amides is 2. The molecule has 1 aliphatic heterocycles. The Bertz CT molecular complexity index is 1470. The number of nitrogens with zero attached hydrogens (tertiary/aromatic N) is 4. The van der Waals surface area contributed by atoms with Crippen molar-refractivity contribution in [2.75, 3.05) is 18.4 Å². The SMILES string of the molecule is C=CC(=O)N1CC(NC(=O)c2c(Cl)nc(CNc3n[nH]c4cc(Cl)c(C5(C(F)(F)F)CC5)cc34)n2C(C)C)C1. The van der Waals surface area contributed by atoms with Crippen molar-refractivity contribution in [1.82, 2.24) is 30.0 Å². The van der Waals surface area contributed by atoms with E-state index in [1.807, 2.05) is 13.8 Å². The highest BCUT2D eigenvalue weighted by molar-refractivity contribution is 6.33. The van der Waals surface area contributed by atoms with Crippen LogP contribution < -0.4 is 10.6 Å². The minimum Gasteiger partial charge on any atom is -0.361 e. The topological polar surface area (TPSA) is 108 Å². The molecule has 0 bridgehead atoms. The maximum absolute atomic E-state index is 13.8. The molecule has 2 aliphatic rings. The maximum Gasteiger partial charge on any atom is 0.398 e. The van der Waals surface area contributed by atoms with Gasteiger partial charge in [0.2, 0.25) is 5.91 Å². The van der Waals surface area contributed by atoms with E-state index in [2.05, 4.69) is 32.4 Å². The fourth-order valence-corrected chi connectivity index (χ4v) is 5.62. The molecule has 0 unspecified atom stereocenters. The summed E-state index contributed by atoms with van der Waals surface area (Å²) >= 11 is 12.6. The third-order valence-corrected chi connectivity index (χ3v) is 7.82. The number of H-pyrrole nitrogens is 1. The second kappa shape index (κ2) is 9.74. The van der Waals surface area contributed by atoms with E-state index in [1.54, 1.807) is 9.47 Å². The Morgan fingerprint density at radius 3 is 2.56 bits per heavy atom. The smallest absolute Gasteiger partial charge is 0.361 e. The first-order valence-corrected chi connectivity index (χ1v) is 13.1. The Morgan fingerprint density at radius 2 is 1.97 bits per heavy atom. The molecule has 0 radical (unpaired) electrons. The van der Waals surface area contributed by atoms with Gasteiger partial charge in [0.15, 0.2) is 11.0 Å². The zero-order valence-electron chi connectivity index (χ0n) is 21.1. The van der Waals surface area contributed by atoms with E-state index in [0.717, 1.165) is 0 Å². The number of imidazole rings is 1. The van der Waals surface area contributed by atoms with Crippen LogP contribution in [0, 0.1) is 0 Å². The van der Waals surface area contributed by atoms with Crippen molar-refractivity contribution in [2.45, 2.75) is 56.9 Å². The van der Waals surface area contributed by atoms with E-state index < -0.39 is 17.5 Å². The summed E-state index contributed by atoms with van der Waals surface area (Å²) in [5.41, 5.74) is -1.24. The van der Waals surface area contributed by atoms with Gasteiger partial charge < -0.3 is 20.1 Å². The predicted octanol–water partition coefficient (Wildman–Crippen LogP) is 4.98. The van der Waals surface area contributed by atoms with E-state index >= 15 is 0 Å². The molecule has 2 amide bonds. The number of carbonyl (C=O) groups is 2. The second-order valence-corrected chi connectivity index (χ2v) is 10.9. The van der Waals surface area contributed by atoms with Crippen LogP contribution >= 0.6 is 23.2 Å². The van der Waals surface area contributed by atoms with Gasteiger partial charge in [0.05, 0.1) is 23.5 Å². The Kier molecular flexibility index (Phi) is 6.82. The molecule has 0 atom stereocenters. The minimum absolute atomic E-state index is 0.0122. The molecule has 208 valence electrons. The number of aromatic amines is 1. The van der Waals surface area contributed by atoms with E-state index in [1.165, 1.54) is 18.2 Å². The number of halogens is 5. The molecular formula is C25H26Cl2F3N7O2. The Hall–Kier alpha value is -3.25. The molecule has 1 saturated heterocycles. The number of carbonyl (C=O) groups excluding carboxylic acids is 2. The molecule has 2 fully saturated rings. The number of fused-ring (bicyclic) bond motifs is 1. The lowest BCUT2D eigenvalue weighted by Gasteiger charge is -2.38. The summed E-state index contributed by atoms with van der Waals surface area (Å²) in [7, 11) is 0. The standard InChI is InChI=1S/C25H26Cl2F3N7O2/c1-4-19(38)36-10-13(11-36)32-23(39)20-21(27)33-18(37(20)12(2)3)9-31-22-14-7-15(16(26)8-17(14)34-35-22)24(5-6-24)25(28,29)30/h4,7-8,12-13H,1,5-6,9-11H2,2-3H3,(H,32,39)(H2,31,34,35). The summed E-state index contributed by atoms with van der Waals surface area (Å²) in [4.78, 5) is 30.7. The van der Waals surface area contributed by atoms with Crippen LogP contribution in [0.4, 0.5) is 19.0 Å². The van der Waals surface area contributed by atoms with Gasteiger partial charge in [-0.2, -0.15) is 18.3 Å². The number of benzene rings is 1. The minimum atomic E-state index is -4.41. The van der Waals surface area contributed by atoms with Crippen molar-refractivity contribution in [3.05, 3.63) is 52.0 Å². The molecule has 3 aromatic rings. The fraction of sp³-hybridized carbons (Fsp3) is 0.440. The highest BCUT2D eigenvalue weighted by Crippen LogP contribution is 2.60. The van der Waals surface area contributed by atoms with Crippen LogP contribution in [-0.4, -0.2) is 61.8 Å². The van der Waals surface area contributed by atoms with Gasteiger partial charge in [-0.05, 0) is 50.5 Å². The quantitative estimate of drug-likeness (QED) is 0.324. The lowest BCUT2D eigenvalue weighted by Crippen LogP contribution is -2.60. The van der Waals surface area contributed by atoms with Gasteiger partial charge in [-0.15, -0.1) is 0 Å². The summed E-state index contributed by atoms with van der Waals surface area (Å²) in [6, 6.07) is 2.47. The van der Waals surface area contributed by atoms with Gasteiger partial charge in [-0.25, -0.2) is 4.98 Å². The molecule has 1 saturated carbocycles. The van der Waals surface area contributed by atoms with Gasteiger partial charge in [0, 0.05) is 29.5 Å². The molecule has 39 heavy (non-hydrogen) atoms. The first-order chi connectivity index (χ1) is 18.4. The van der Waals surface area contributed by atoms with Gasteiger partial charge in [0.25, 0.3) is 5.91 Å². The highest BCUT2D eigenvalue weighted by atomic mass is 35.5. The molecule has 1 aromatic carbocycles. The van der Waals surface area contributed by atoms with Crippen LogP contribution in [0.15, 0.2) is 24.8 Å². The van der Waals surface area contributed by atoms with Gasteiger partial charge >= 0.3 is 6.18 Å². The zero-order valence-corrected chi connectivity index (χ0v) is 22.6. The predicted molar refractivity (Wildman–Crippen MR) is 141 cm³/mol. The van der Waals surface area contributed by atoms with E-state index in [4.69, 9.17) is 23.2 Å². The second-order valence-electron chi connectivity index (χ2n) is 10.1. The monoisotopic (exact) mass is 583 g/mol. The van der Waals surface area contributed by atoms with Gasteiger partial charge in [-0.1, -0.05) is 29.8 Å². The fourth-order valence-electron chi connectivity index (χ4n) is 5.00. The molecule has 2 aromatic heterocycles. The molecule has 1 aliphatic carbocycles. The largest absolute Gasteiger partial charge is 0.398 e. The van der Waals surface area contributed by atoms with Crippen molar-refractivity contribution in [3.8, 4) is 0 Å². The summed E-state index contributed by atoms with van der Waals surface area (Å²) < 4.78 is 43.0. The molecule has 14 heteroatoms. The van der Waals surface area contributed by atoms with Crippen LogP contribution in [-0.2, 0) is 16.8 Å². The third kappa shape index (κ3) is 4.73. The summed E-state index contributed by atoms with van der Waals surface area (Å²) in [5.74, 6) is 0.138. The number of hydrogen-bond donors (Lipinski definition) is 3. The van der Waals surface area contributed by atoms with Crippen molar-refractivity contribution < 1.29 is 22.8 Å². The van der Waals surface area contributed by atoms with Crippen LogP contribution in [0.5, 0.6) is 0 Å². The highest BCUT2D eigenvalue weighted by Gasteiger charge is 2.65. The van der Waals surface area contributed by atoms with Crippen LogP contribution in [0.2, 0.25) is 10.2 Å². The summed E-state index contributed by atoms with van der Waals surface area (Å²) in [6.07, 6.45) is -3.21. The lowest BCUT2D eigenvalue weighted by atomic mass is 9.94. The Balaban J connectivity index is 1.36. The average Bonchev–Trinajstić information content (AvgIpc) is 3.47. The van der Waals surface area contributed by atoms with E-state index in [-0.39, 0.29) is 58.8 Å². The number of hydrogen-bond acceptors (Lipinski definition) is 5. The van der Waals surface area contributed by atoms with Crippen molar-refractivity contribution in [2.24, 2.45) is 0 Å². The summed E-state index contributed by atoms with van der Waals surface area (Å²) in [6.45, 7) is 8.03. The number of nitrogens with one attached hydrogen (secondary N) is 3. The van der Waals surface area contributed by atoms with E-state index in [9.17, 15) is 22.8 Å². The number of aromatic nitrogens is 4. The number of anilines is 1. The number of likely N-dealkylation sites (tertiary alicyclic amines) is 1. The molecule has 5 rings (SSSR count). The first kappa shape index (κ1) is 27.3. The summed E-state index contributed by atoms with van der Waals surface area (Å²) in [5, 5.41) is 13.5. The average molecular weight is 584 g/mol. The maximum atomic E-state index is 13.8. The van der Waals surface area contributed by atoms with Gasteiger partial charge in [-0.3, -0.25) is 14.7 Å². The normalized spacial score (nSPS) is 16.9. The molecular weight excluding hydrogens is 558 g/mol. The number of alkyl halides is 3. The molecule has 0 spiro atoms. The Morgan fingerprint density at radius 1 is 1.28 bits per heavy atom. The van der Waals surface area contributed by atoms with Crippen LogP contribution in [0.1, 0.15) is 54.6 Å². The van der Waals surface area contributed by atoms with Crippen LogP contribution in [0.3, 0.4) is 0 Å². The molecule has 3 heterocycles. The Labute approximate surface area is 231 Å². The first-order valence-electron chi connectivity index (χ1n) is 12.3. The van der Waals surface area contributed by atoms with E-state index in [0.29, 0.717) is 35.6 Å². The molecule has 9 nitrogen and oxygen atoms in total. The van der Waals surface area contributed by atoms with Crippen molar-refractivity contribution in [3.63, 3.8) is 0 Å².